The monoisotopic (exact) mass is 167 g/mol. The van der Waals surface area contributed by atoms with E-state index in [0.29, 0.717) is 6.61 Å². The standard InChI is InChI=1S/C9H13NO2/c1-7-9(12-3)8(6-11-2)4-5-10-7/h4-5H,6H2,1-3H3. The SMILES string of the molecule is COCc1ccnc(C)c1OC. The smallest absolute Gasteiger partial charge is 0.145 e. The molecule has 1 heterocycles. The van der Waals surface area contributed by atoms with Crippen LogP contribution in [0.5, 0.6) is 5.75 Å². The molecule has 3 nitrogen and oxygen atoms in total. The maximum atomic E-state index is 5.19. The fourth-order valence-electron chi connectivity index (χ4n) is 1.15. The van der Waals surface area contributed by atoms with Crippen LogP contribution in [-0.2, 0) is 11.3 Å². The summed E-state index contributed by atoms with van der Waals surface area (Å²) >= 11 is 0. The molecule has 0 aromatic carbocycles. The molecule has 0 saturated carbocycles. The third-order valence-corrected chi connectivity index (χ3v) is 1.67. The molecule has 0 unspecified atom stereocenters. The molecule has 3 heteroatoms. The lowest BCUT2D eigenvalue weighted by Gasteiger charge is -2.08. The Morgan fingerprint density at radius 3 is 2.75 bits per heavy atom. The number of pyridine rings is 1. The highest BCUT2D eigenvalue weighted by Gasteiger charge is 2.05. The average Bonchev–Trinajstić information content (AvgIpc) is 2.05. The summed E-state index contributed by atoms with van der Waals surface area (Å²) in [6.45, 7) is 2.48. The molecule has 0 amide bonds. The molecule has 0 radical (unpaired) electrons. The fourth-order valence-corrected chi connectivity index (χ4v) is 1.15. The van der Waals surface area contributed by atoms with Gasteiger partial charge in [0.25, 0.3) is 0 Å². The van der Waals surface area contributed by atoms with Crippen LogP contribution in [-0.4, -0.2) is 19.2 Å². The van der Waals surface area contributed by atoms with Crippen molar-refractivity contribution in [2.24, 2.45) is 0 Å². The van der Waals surface area contributed by atoms with Gasteiger partial charge in [-0.2, -0.15) is 0 Å². The number of hydrogen-bond donors (Lipinski definition) is 0. The Morgan fingerprint density at radius 1 is 1.42 bits per heavy atom. The molecule has 0 fully saturated rings. The molecule has 0 atom stereocenters. The molecule has 0 bridgehead atoms. The topological polar surface area (TPSA) is 31.4 Å². The van der Waals surface area contributed by atoms with Gasteiger partial charge >= 0.3 is 0 Å². The van der Waals surface area contributed by atoms with Crippen molar-refractivity contribution in [3.8, 4) is 5.75 Å². The van der Waals surface area contributed by atoms with Crippen molar-refractivity contribution in [2.45, 2.75) is 13.5 Å². The van der Waals surface area contributed by atoms with Crippen molar-refractivity contribution >= 4 is 0 Å². The van der Waals surface area contributed by atoms with Crippen molar-refractivity contribution < 1.29 is 9.47 Å². The molecule has 1 rings (SSSR count). The van der Waals surface area contributed by atoms with Crippen LogP contribution in [0.25, 0.3) is 0 Å². The summed E-state index contributed by atoms with van der Waals surface area (Å²) in [5.74, 6) is 0.819. The van der Waals surface area contributed by atoms with Crippen LogP contribution in [0.1, 0.15) is 11.3 Å². The van der Waals surface area contributed by atoms with Gasteiger partial charge in [0, 0.05) is 18.9 Å². The Balaban J connectivity index is 3.00. The number of nitrogens with zero attached hydrogens (tertiary/aromatic N) is 1. The van der Waals surface area contributed by atoms with Gasteiger partial charge in [-0.3, -0.25) is 4.98 Å². The quantitative estimate of drug-likeness (QED) is 0.684. The predicted octanol–water partition coefficient (Wildman–Crippen LogP) is 1.55. The van der Waals surface area contributed by atoms with E-state index in [1.54, 1.807) is 20.4 Å². The highest BCUT2D eigenvalue weighted by Crippen LogP contribution is 2.20. The van der Waals surface area contributed by atoms with E-state index in [1.807, 2.05) is 13.0 Å². The molecule has 0 spiro atoms. The zero-order valence-electron chi connectivity index (χ0n) is 7.63. The maximum absolute atomic E-state index is 5.19. The van der Waals surface area contributed by atoms with Gasteiger partial charge in [0.2, 0.25) is 0 Å². The summed E-state index contributed by atoms with van der Waals surface area (Å²) in [6, 6.07) is 1.90. The summed E-state index contributed by atoms with van der Waals surface area (Å²) in [4.78, 5) is 4.11. The second kappa shape index (κ2) is 4.07. The molecule has 12 heavy (non-hydrogen) atoms. The average molecular weight is 167 g/mol. The minimum Gasteiger partial charge on any atom is -0.494 e. The first-order chi connectivity index (χ1) is 5.79. The normalized spacial score (nSPS) is 9.92. The van der Waals surface area contributed by atoms with Gasteiger partial charge in [-0.25, -0.2) is 0 Å². The number of aryl methyl sites for hydroxylation is 1. The molecule has 1 aromatic rings. The Morgan fingerprint density at radius 2 is 2.17 bits per heavy atom. The largest absolute Gasteiger partial charge is 0.494 e. The summed E-state index contributed by atoms with van der Waals surface area (Å²) in [5, 5.41) is 0. The first kappa shape index (κ1) is 9.00. The van der Waals surface area contributed by atoms with Crippen molar-refractivity contribution in [1.29, 1.82) is 0 Å². The molecule has 0 aliphatic heterocycles. The third-order valence-electron chi connectivity index (χ3n) is 1.67. The third kappa shape index (κ3) is 1.74. The number of rotatable bonds is 3. The first-order valence-corrected chi connectivity index (χ1v) is 3.77. The van der Waals surface area contributed by atoms with E-state index in [-0.39, 0.29) is 0 Å². The van der Waals surface area contributed by atoms with Crippen LogP contribution >= 0.6 is 0 Å². The van der Waals surface area contributed by atoms with E-state index >= 15 is 0 Å². The van der Waals surface area contributed by atoms with Crippen LogP contribution in [0.2, 0.25) is 0 Å². The number of aromatic nitrogens is 1. The van der Waals surface area contributed by atoms with Gasteiger partial charge in [-0.1, -0.05) is 0 Å². The van der Waals surface area contributed by atoms with Gasteiger partial charge in [0.1, 0.15) is 5.75 Å². The predicted molar refractivity (Wildman–Crippen MR) is 46.2 cm³/mol. The molecule has 0 aliphatic rings. The van der Waals surface area contributed by atoms with E-state index in [0.717, 1.165) is 17.0 Å². The second-order valence-corrected chi connectivity index (χ2v) is 2.52. The summed E-state index contributed by atoms with van der Waals surface area (Å²) in [5.41, 5.74) is 1.93. The fraction of sp³-hybridized carbons (Fsp3) is 0.444. The van der Waals surface area contributed by atoms with E-state index in [1.165, 1.54) is 0 Å². The van der Waals surface area contributed by atoms with Crippen molar-refractivity contribution in [2.75, 3.05) is 14.2 Å². The number of methoxy groups -OCH3 is 2. The Kier molecular flexibility index (Phi) is 3.05. The highest BCUT2D eigenvalue weighted by molar-refractivity contribution is 5.35. The lowest BCUT2D eigenvalue weighted by atomic mass is 10.2. The van der Waals surface area contributed by atoms with Crippen LogP contribution in [0, 0.1) is 6.92 Å². The Bertz CT molecular complexity index is 261. The molecular weight excluding hydrogens is 154 g/mol. The summed E-state index contributed by atoms with van der Waals surface area (Å²) < 4.78 is 10.2. The van der Waals surface area contributed by atoms with Crippen molar-refractivity contribution in [3.63, 3.8) is 0 Å². The van der Waals surface area contributed by atoms with Gasteiger partial charge < -0.3 is 9.47 Å². The molecule has 1 aromatic heterocycles. The number of ether oxygens (including phenoxy) is 2. The molecule has 66 valence electrons. The summed E-state index contributed by atoms with van der Waals surface area (Å²) in [7, 11) is 3.30. The van der Waals surface area contributed by atoms with Gasteiger partial charge in [0.05, 0.1) is 19.4 Å². The van der Waals surface area contributed by atoms with Gasteiger partial charge in [-0.15, -0.1) is 0 Å². The maximum Gasteiger partial charge on any atom is 0.145 e. The second-order valence-electron chi connectivity index (χ2n) is 2.52. The zero-order valence-corrected chi connectivity index (χ0v) is 7.63. The van der Waals surface area contributed by atoms with Crippen LogP contribution in [0.4, 0.5) is 0 Å². The van der Waals surface area contributed by atoms with Gasteiger partial charge in [-0.05, 0) is 13.0 Å². The molecular formula is C9H13NO2. The lowest BCUT2D eigenvalue weighted by Crippen LogP contribution is -1.97. The highest BCUT2D eigenvalue weighted by atomic mass is 16.5. The minimum atomic E-state index is 0.562. The van der Waals surface area contributed by atoms with Crippen LogP contribution in [0.3, 0.4) is 0 Å². The first-order valence-electron chi connectivity index (χ1n) is 3.77. The van der Waals surface area contributed by atoms with E-state index in [4.69, 9.17) is 9.47 Å². The lowest BCUT2D eigenvalue weighted by molar-refractivity contribution is 0.181. The van der Waals surface area contributed by atoms with E-state index in [2.05, 4.69) is 4.98 Å². The van der Waals surface area contributed by atoms with Gasteiger partial charge in [0.15, 0.2) is 0 Å². The van der Waals surface area contributed by atoms with Crippen LogP contribution in [0.15, 0.2) is 12.3 Å². The van der Waals surface area contributed by atoms with Crippen molar-refractivity contribution in [3.05, 3.63) is 23.5 Å². The molecule has 0 saturated heterocycles. The molecule has 0 N–H and O–H groups in total. The van der Waals surface area contributed by atoms with Crippen LogP contribution < -0.4 is 4.74 Å². The minimum absolute atomic E-state index is 0.562. The Hall–Kier alpha value is -1.09. The molecule has 0 aliphatic carbocycles. The van der Waals surface area contributed by atoms with E-state index in [9.17, 15) is 0 Å². The zero-order chi connectivity index (χ0) is 8.97. The number of hydrogen-bond acceptors (Lipinski definition) is 3. The summed E-state index contributed by atoms with van der Waals surface area (Å²) in [6.07, 6.45) is 1.76. The van der Waals surface area contributed by atoms with E-state index < -0.39 is 0 Å². The van der Waals surface area contributed by atoms with Crippen molar-refractivity contribution in [1.82, 2.24) is 4.98 Å². The Labute approximate surface area is 72.3 Å².